The van der Waals surface area contributed by atoms with E-state index >= 15 is 0 Å². The van der Waals surface area contributed by atoms with Crippen LogP contribution in [0.4, 0.5) is 0 Å². The first-order valence-corrected chi connectivity index (χ1v) is 7.03. The molecule has 0 atom stereocenters. The van der Waals surface area contributed by atoms with Crippen LogP contribution < -0.4 is 5.69 Å². The van der Waals surface area contributed by atoms with Crippen molar-refractivity contribution in [2.45, 2.75) is 11.9 Å². The number of benzene rings is 1. The van der Waals surface area contributed by atoms with Gasteiger partial charge in [0.1, 0.15) is 10.6 Å². The molecular weight excluding hydrogens is 292 g/mol. The first-order chi connectivity index (χ1) is 9.99. The van der Waals surface area contributed by atoms with E-state index in [9.17, 15) is 14.4 Å². The molecule has 0 radical (unpaired) electrons. The van der Waals surface area contributed by atoms with Gasteiger partial charge in [0.05, 0.1) is 5.75 Å². The number of aromatic amines is 1. The number of thioether (sulfide) groups is 1. The fourth-order valence-corrected chi connectivity index (χ4v) is 2.72. The number of rotatable bonds is 5. The molecule has 2 rings (SSSR count). The van der Waals surface area contributed by atoms with Crippen molar-refractivity contribution in [1.29, 1.82) is 0 Å². The SMILES string of the molecule is Cc1[nH]c(=O)nc(SCC(=O)c2ccccc2)c1C(=O)O. The van der Waals surface area contributed by atoms with E-state index in [1.54, 1.807) is 30.3 Å². The van der Waals surface area contributed by atoms with E-state index in [-0.39, 0.29) is 27.8 Å². The number of aryl methyl sites for hydroxylation is 1. The number of ketones is 1. The number of carbonyl (C=O) groups excluding carboxylic acids is 1. The van der Waals surface area contributed by atoms with Gasteiger partial charge in [0, 0.05) is 11.3 Å². The lowest BCUT2D eigenvalue weighted by Gasteiger charge is -2.06. The largest absolute Gasteiger partial charge is 0.478 e. The molecule has 1 aromatic heterocycles. The minimum absolute atomic E-state index is 0.0141. The maximum Gasteiger partial charge on any atom is 0.346 e. The van der Waals surface area contributed by atoms with Crippen LogP contribution >= 0.6 is 11.8 Å². The van der Waals surface area contributed by atoms with Gasteiger partial charge in [-0.15, -0.1) is 0 Å². The molecule has 108 valence electrons. The van der Waals surface area contributed by atoms with Crippen LogP contribution in [0.2, 0.25) is 0 Å². The van der Waals surface area contributed by atoms with Crippen molar-refractivity contribution in [3.05, 3.63) is 57.6 Å². The third kappa shape index (κ3) is 3.57. The number of carboxylic acid groups (broad SMARTS) is 1. The molecule has 0 saturated heterocycles. The Labute approximate surface area is 124 Å². The second kappa shape index (κ2) is 6.36. The Bertz CT molecular complexity index is 740. The Balaban J connectivity index is 2.22. The number of carbonyl (C=O) groups is 2. The first kappa shape index (κ1) is 15.0. The van der Waals surface area contributed by atoms with Crippen LogP contribution in [0.5, 0.6) is 0 Å². The van der Waals surface area contributed by atoms with E-state index in [2.05, 4.69) is 9.97 Å². The van der Waals surface area contributed by atoms with Crippen molar-refractivity contribution >= 4 is 23.5 Å². The smallest absolute Gasteiger partial charge is 0.346 e. The Morgan fingerprint density at radius 3 is 2.57 bits per heavy atom. The van der Waals surface area contributed by atoms with Gasteiger partial charge >= 0.3 is 11.7 Å². The normalized spacial score (nSPS) is 10.3. The van der Waals surface area contributed by atoms with Crippen molar-refractivity contribution in [1.82, 2.24) is 9.97 Å². The number of aromatic nitrogens is 2. The van der Waals surface area contributed by atoms with Gasteiger partial charge in [0.15, 0.2) is 5.78 Å². The quantitative estimate of drug-likeness (QED) is 0.496. The zero-order valence-corrected chi connectivity index (χ0v) is 11.9. The number of nitrogens with zero attached hydrogens (tertiary/aromatic N) is 1. The molecule has 1 aromatic carbocycles. The van der Waals surface area contributed by atoms with E-state index in [1.807, 2.05) is 0 Å². The Morgan fingerprint density at radius 2 is 1.95 bits per heavy atom. The number of hydrogen-bond donors (Lipinski definition) is 2. The highest BCUT2D eigenvalue weighted by atomic mass is 32.2. The molecule has 21 heavy (non-hydrogen) atoms. The predicted molar refractivity (Wildman–Crippen MR) is 78.1 cm³/mol. The van der Waals surface area contributed by atoms with E-state index in [4.69, 9.17) is 5.11 Å². The van der Waals surface area contributed by atoms with Gasteiger partial charge in [0.2, 0.25) is 0 Å². The molecule has 6 nitrogen and oxygen atoms in total. The van der Waals surface area contributed by atoms with E-state index in [0.717, 1.165) is 11.8 Å². The lowest BCUT2D eigenvalue weighted by molar-refractivity contribution is 0.0690. The number of aromatic carboxylic acids is 1. The molecular formula is C14H12N2O4S. The molecule has 0 fully saturated rings. The predicted octanol–water partition coefficient (Wildman–Crippen LogP) is 1.75. The van der Waals surface area contributed by atoms with Crippen molar-refractivity contribution in [3.8, 4) is 0 Å². The summed E-state index contributed by atoms with van der Waals surface area (Å²) in [5, 5.41) is 9.21. The van der Waals surface area contributed by atoms with Crippen LogP contribution in [-0.4, -0.2) is 32.6 Å². The average molecular weight is 304 g/mol. The summed E-state index contributed by atoms with van der Waals surface area (Å²) < 4.78 is 0. The maximum atomic E-state index is 12.0. The molecule has 2 N–H and O–H groups in total. The summed E-state index contributed by atoms with van der Waals surface area (Å²) in [4.78, 5) is 40.5. The van der Waals surface area contributed by atoms with E-state index in [1.165, 1.54) is 6.92 Å². The highest BCUT2D eigenvalue weighted by molar-refractivity contribution is 8.00. The van der Waals surface area contributed by atoms with Crippen molar-refractivity contribution in [3.63, 3.8) is 0 Å². The summed E-state index contributed by atoms with van der Waals surface area (Å²) in [5.41, 5.74) is 0.0354. The Morgan fingerprint density at radius 1 is 1.29 bits per heavy atom. The van der Waals surface area contributed by atoms with Crippen molar-refractivity contribution < 1.29 is 14.7 Å². The van der Waals surface area contributed by atoms with Gasteiger partial charge in [-0.2, -0.15) is 4.98 Å². The van der Waals surface area contributed by atoms with Crippen LogP contribution in [-0.2, 0) is 0 Å². The minimum Gasteiger partial charge on any atom is -0.478 e. The summed E-state index contributed by atoms with van der Waals surface area (Å²) in [6.07, 6.45) is 0. The summed E-state index contributed by atoms with van der Waals surface area (Å²) >= 11 is 0.945. The molecule has 0 aliphatic carbocycles. The highest BCUT2D eigenvalue weighted by Crippen LogP contribution is 2.21. The number of hydrogen-bond acceptors (Lipinski definition) is 5. The number of H-pyrrole nitrogens is 1. The molecule has 0 bridgehead atoms. The molecule has 0 aliphatic heterocycles. The van der Waals surface area contributed by atoms with Gasteiger partial charge in [-0.3, -0.25) is 4.79 Å². The maximum absolute atomic E-state index is 12.0. The second-order valence-electron chi connectivity index (χ2n) is 4.23. The topological polar surface area (TPSA) is 100 Å². The summed E-state index contributed by atoms with van der Waals surface area (Å²) in [5.74, 6) is -1.33. The molecule has 7 heteroatoms. The minimum atomic E-state index is -1.19. The lowest BCUT2D eigenvalue weighted by atomic mass is 10.2. The lowest BCUT2D eigenvalue weighted by Crippen LogP contribution is -2.18. The fraction of sp³-hybridized carbons (Fsp3) is 0.143. The number of carboxylic acids is 1. The number of nitrogens with one attached hydrogen (secondary N) is 1. The third-order valence-corrected chi connectivity index (χ3v) is 3.71. The zero-order chi connectivity index (χ0) is 15.4. The second-order valence-corrected chi connectivity index (χ2v) is 5.19. The number of Topliss-reactive ketones (excluding diaryl/α,β-unsaturated/α-hetero) is 1. The highest BCUT2D eigenvalue weighted by Gasteiger charge is 2.18. The van der Waals surface area contributed by atoms with Gasteiger partial charge in [-0.1, -0.05) is 42.1 Å². The van der Waals surface area contributed by atoms with Crippen LogP contribution in [0.1, 0.15) is 26.4 Å². The summed E-state index contributed by atoms with van der Waals surface area (Å²) in [6, 6.07) is 8.65. The molecule has 2 aromatic rings. The van der Waals surface area contributed by atoms with Crippen molar-refractivity contribution in [2.24, 2.45) is 0 Å². The van der Waals surface area contributed by atoms with Gasteiger partial charge in [0.25, 0.3) is 0 Å². The van der Waals surface area contributed by atoms with Crippen LogP contribution in [0.25, 0.3) is 0 Å². The summed E-state index contributed by atoms with van der Waals surface area (Å²) in [7, 11) is 0. The van der Waals surface area contributed by atoms with Crippen LogP contribution in [0.3, 0.4) is 0 Å². The fourth-order valence-electron chi connectivity index (χ4n) is 1.76. The van der Waals surface area contributed by atoms with Gasteiger partial charge in [-0.05, 0) is 6.92 Å². The summed E-state index contributed by atoms with van der Waals surface area (Å²) in [6.45, 7) is 1.48. The van der Waals surface area contributed by atoms with Crippen molar-refractivity contribution in [2.75, 3.05) is 5.75 Å². The molecule has 1 heterocycles. The Hall–Kier alpha value is -2.41. The van der Waals surface area contributed by atoms with Gasteiger partial charge in [-0.25, -0.2) is 9.59 Å². The molecule has 0 saturated carbocycles. The monoisotopic (exact) mass is 304 g/mol. The zero-order valence-electron chi connectivity index (χ0n) is 11.1. The van der Waals surface area contributed by atoms with Crippen LogP contribution in [0.15, 0.2) is 40.2 Å². The Kier molecular flexibility index (Phi) is 4.54. The molecule has 0 spiro atoms. The standard InChI is InChI=1S/C14H12N2O4S/c1-8-11(13(18)19)12(16-14(20)15-8)21-7-10(17)9-5-3-2-4-6-9/h2-6H,7H2,1H3,(H,18,19)(H,15,16,20). The van der Waals surface area contributed by atoms with E-state index in [0.29, 0.717) is 5.56 Å². The molecule has 0 amide bonds. The van der Waals surface area contributed by atoms with Crippen LogP contribution in [0, 0.1) is 6.92 Å². The first-order valence-electron chi connectivity index (χ1n) is 6.04. The molecule has 0 aliphatic rings. The molecule has 0 unspecified atom stereocenters. The van der Waals surface area contributed by atoms with E-state index < -0.39 is 11.7 Å². The average Bonchev–Trinajstić information content (AvgIpc) is 2.44. The third-order valence-electron chi connectivity index (χ3n) is 2.74. The van der Waals surface area contributed by atoms with Gasteiger partial charge < -0.3 is 10.1 Å².